The molecule has 5 aromatic heterocycles. The van der Waals surface area contributed by atoms with Gasteiger partial charge >= 0.3 is 0 Å². The summed E-state index contributed by atoms with van der Waals surface area (Å²) < 4.78 is 3.23. The maximum atomic E-state index is 13.5. The summed E-state index contributed by atoms with van der Waals surface area (Å²) in [6.07, 6.45) is 1.29. The van der Waals surface area contributed by atoms with Crippen LogP contribution in [0.5, 0.6) is 0 Å². The zero-order valence-corrected chi connectivity index (χ0v) is 28.6. The molecule has 0 saturated heterocycles. The Morgan fingerprint density at radius 1 is 0.706 bits per heavy atom. The highest BCUT2D eigenvalue weighted by Crippen LogP contribution is 2.28. The van der Waals surface area contributed by atoms with Gasteiger partial charge in [0.25, 0.3) is 11.1 Å². The number of pyridine rings is 2. The Balaban J connectivity index is 0.000000187. The van der Waals surface area contributed by atoms with E-state index < -0.39 is 6.04 Å². The molecular weight excluding hydrogens is 640 g/mol. The largest absolute Gasteiger partial charge is 0.382 e. The minimum atomic E-state index is -0.431. The van der Waals surface area contributed by atoms with Gasteiger partial charge in [-0.3, -0.25) is 18.4 Å². The van der Waals surface area contributed by atoms with Crippen molar-refractivity contribution >= 4 is 22.9 Å². The zero-order chi connectivity index (χ0) is 36.2. The summed E-state index contributed by atoms with van der Waals surface area (Å²) in [6, 6.07) is 31.4. The quantitative estimate of drug-likeness (QED) is 0.195. The zero-order valence-electron chi connectivity index (χ0n) is 28.6. The number of nitrogens with zero attached hydrogens (tertiary/aromatic N) is 7. The minimum absolute atomic E-state index is 0.0726. The second kappa shape index (κ2) is 14.4. The topological polar surface area (TPSA) is 182 Å². The molecule has 12 nitrogen and oxygen atoms in total. The lowest BCUT2D eigenvalue weighted by atomic mass is 10.0. The predicted molar refractivity (Wildman–Crippen MR) is 199 cm³/mol. The van der Waals surface area contributed by atoms with E-state index in [0.717, 1.165) is 22.5 Å². The summed E-state index contributed by atoms with van der Waals surface area (Å²) in [5.41, 5.74) is 18.5. The molecule has 12 heteroatoms. The van der Waals surface area contributed by atoms with Gasteiger partial charge in [0.05, 0.1) is 28.6 Å². The molecule has 7 aromatic rings. The first-order valence-electron chi connectivity index (χ1n) is 16.3. The Morgan fingerprint density at radius 3 is 1.69 bits per heavy atom. The Kier molecular flexibility index (Phi) is 9.66. The van der Waals surface area contributed by atoms with Gasteiger partial charge in [0.1, 0.15) is 40.9 Å². The van der Waals surface area contributed by atoms with Crippen LogP contribution in [0, 0.1) is 25.2 Å². The molecule has 0 fully saturated rings. The number of aromatic nitrogens is 6. The molecule has 2 atom stereocenters. The molecule has 7 rings (SSSR count). The minimum Gasteiger partial charge on any atom is -0.382 e. The van der Waals surface area contributed by atoms with Crippen LogP contribution in [-0.2, 0) is 0 Å². The smallest absolute Gasteiger partial charge is 0.266 e. The Bertz CT molecular complexity index is 2540. The van der Waals surface area contributed by atoms with Gasteiger partial charge in [-0.05, 0) is 63.1 Å². The summed E-state index contributed by atoms with van der Waals surface area (Å²) in [6.45, 7) is 7.48. The number of nitrogens with one attached hydrogen (secondary N) is 1. The van der Waals surface area contributed by atoms with Gasteiger partial charge in [0.15, 0.2) is 0 Å². The van der Waals surface area contributed by atoms with E-state index in [2.05, 4.69) is 20.3 Å². The van der Waals surface area contributed by atoms with Crippen molar-refractivity contribution in [3.63, 3.8) is 0 Å². The molecule has 0 aliphatic heterocycles. The Hall–Kier alpha value is -6.71. The van der Waals surface area contributed by atoms with Crippen molar-refractivity contribution in [2.75, 3.05) is 11.1 Å². The molecule has 0 bridgehead atoms. The SMILES string of the molecule is Cc1cccc2nc(C(C)N)c(-c3ccccc3)c(=O)n12.Cc1cccc2nc(C(C)Nc3ncnc(N)c3C#N)c(-c3ccccc3)c(=O)n12. The first kappa shape index (κ1) is 34.2. The number of rotatable bonds is 6. The first-order chi connectivity index (χ1) is 24.6. The van der Waals surface area contributed by atoms with Crippen LogP contribution in [0.25, 0.3) is 33.5 Å². The first-order valence-corrected chi connectivity index (χ1v) is 16.3. The molecule has 0 saturated carbocycles. The fourth-order valence-corrected chi connectivity index (χ4v) is 6.00. The van der Waals surface area contributed by atoms with Crippen molar-refractivity contribution in [2.24, 2.45) is 5.73 Å². The number of benzene rings is 2. The van der Waals surface area contributed by atoms with E-state index in [0.29, 0.717) is 39.6 Å². The van der Waals surface area contributed by atoms with Crippen LogP contribution < -0.4 is 27.9 Å². The number of fused-ring (bicyclic) bond motifs is 2. The number of hydrogen-bond donors (Lipinski definition) is 3. The molecule has 0 aliphatic rings. The highest BCUT2D eigenvalue weighted by Gasteiger charge is 2.22. The molecule has 51 heavy (non-hydrogen) atoms. The molecule has 0 amide bonds. The van der Waals surface area contributed by atoms with Crippen molar-refractivity contribution in [3.8, 4) is 28.3 Å². The molecule has 5 N–H and O–H groups in total. The second-order valence-electron chi connectivity index (χ2n) is 12.1. The standard InChI is InChI=1S/C22H19N7O.C17H17N3O/c1-13-7-6-10-17-28-19(14(2)27-21-16(11-23)20(24)25-12-26-21)18(22(30)29(13)17)15-8-4-3-5-9-15;1-11-7-6-10-14-19-16(12(2)18)15(17(21)20(11)14)13-8-4-3-5-9-13/h3-10,12,14H,1-2H3,(H3,24,25,26,27);3-10,12H,18H2,1-2H3. The summed E-state index contributed by atoms with van der Waals surface area (Å²) in [7, 11) is 0. The van der Waals surface area contributed by atoms with Crippen LogP contribution in [0.15, 0.2) is 113 Å². The molecule has 0 spiro atoms. The summed E-state index contributed by atoms with van der Waals surface area (Å²) in [5.74, 6) is 0.385. The second-order valence-corrected chi connectivity index (χ2v) is 12.1. The Labute approximate surface area is 293 Å². The van der Waals surface area contributed by atoms with E-state index in [1.807, 2.05) is 125 Å². The van der Waals surface area contributed by atoms with Crippen LogP contribution in [0.1, 0.15) is 54.3 Å². The molecule has 0 radical (unpaired) electrons. The van der Waals surface area contributed by atoms with Crippen LogP contribution in [0.2, 0.25) is 0 Å². The summed E-state index contributed by atoms with van der Waals surface area (Å²) in [5, 5.41) is 12.6. The lowest BCUT2D eigenvalue weighted by Gasteiger charge is -2.19. The van der Waals surface area contributed by atoms with Crippen molar-refractivity contribution in [2.45, 2.75) is 39.8 Å². The van der Waals surface area contributed by atoms with E-state index in [4.69, 9.17) is 16.5 Å². The third-order valence-corrected chi connectivity index (χ3v) is 8.45. The average molecular weight is 677 g/mol. The lowest BCUT2D eigenvalue weighted by Crippen LogP contribution is -2.24. The van der Waals surface area contributed by atoms with E-state index in [1.54, 1.807) is 14.9 Å². The maximum absolute atomic E-state index is 13.5. The molecular formula is C39H36N10O2. The molecule has 2 unspecified atom stereocenters. The average Bonchev–Trinajstić information content (AvgIpc) is 3.12. The number of anilines is 2. The van der Waals surface area contributed by atoms with Gasteiger partial charge in [0.2, 0.25) is 0 Å². The molecule has 5 heterocycles. The van der Waals surface area contributed by atoms with Gasteiger partial charge in [-0.1, -0.05) is 72.8 Å². The van der Waals surface area contributed by atoms with E-state index >= 15 is 0 Å². The van der Waals surface area contributed by atoms with Crippen LogP contribution >= 0.6 is 0 Å². The van der Waals surface area contributed by atoms with Crippen LogP contribution in [0.3, 0.4) is 0 Å². The van der Waals surface area contributed by atoms with Gasteiger partial charge in [-0.15, -0.1) is 0 Å². The van der Waals surface area contributed by atoms with Crippen molar-refractivity contribution in [1.82, 2.24) is 28.7 Å². The fourth-order valence-electron chi connectivity index (χ4n) is 6.00. The highest BCUT2D eigenvalue weighted by atomic mass is 16.1. The van der Waals surface area contributed by atoms with Crippen molar-refractivity contribution < 1.29 is 0 Å². The van der Waals surface area contributed by atoms with Crippen LogP contribution in [0.4, 0.5) is 11.6 Å². The predicted octanol–water partition coefficient (Wildman–Crippen LogP) is 5.78. The monoisotopic (exact) mass is 676 g/mol. The van der Waals surface area contributed by atoms with E-state index in [-0.39, 0.29) is 28.5 Å². The molecule has 0 aliphatic carbocycles. The van der Waals surface area contributed by atoms with Gasteiger partial charge in [0, 0.05) is 17.4 Å². The normalized spacial score (nSPS) is 12.1. The molecule has 254 valence electrons. The number of aryl methyl sites for hydroxylation is 2. The van der Waals surface area contributed by atoms with Gasteiger partial charge in [-0.2, -0.15) is 5.26 Å². The third kappa shape index (κ3) is 6.66. The van der Waals surface area contributed by atoms with Crippen molar-refractivity contribution in [1.29, 1.82) is 5.26 Å². The maximum Gasteiger partial charge on any atom is 0.266 e. The van der Waals surface area contributed by atoms with E-state index in [9.17, 15) is 14.9 Å². The number of nitrogen functional groups attached to an aromatic ring is 1. The van der Waals surface area contributed by atoms with Crippen LogP contribution in [-0.4, -0.2) is 28.7 Å². The third-order valence-electron chi connectivity index (χ3n) is 8.45. The highest BCUT2D eigenvalue weighted by molar-refractivity contribution is 5.70. The number of nitrogens with two attached hydrogens (primary N) is 2. The van der Waals surface area contributed by atoms with Gasteiger partial charge in [-0.25, -0.2) is 19.9 Å². The van der Waals surface area contributed by atoms with Gasteiger partial charge < -0.3 is 16.8 Å². The summed E-state index contributed by atoms with van der Waals surface area (Å²) in [4.78, 5) is 43.8. The Morgan fingerprint density at radius 2 is 1.20 bits per heavy atom. The summed E-state index contributed by atoms with van der Waals surface area (Å²) >= 11 is 0. The lowest BCUT2D eigenvalue weighted by molar-refractivity contribution is 0.775. The van der Waals surface area contributed by atoms with E-state index in [1.165, 1.54) is 6.33 Å². The molecule has 2 aromatic carbocycles. The number of nitriles is 1. The van der Waals surface area contributed by atoms with Crippen molar-refractivity contribution in [3.05, 3.63) is 152 Å². The number of hydrogen-bond acceptors (Lipinski definition) is 10. The fraction of sp³-hybridized carbons (Fsp3) is 0.154.